The lowest BCUT2D eigenvalue weighted by atomic mass is 10.4. The third kappa shape index (κ3) is 16.6. The van der Waals surface area contributed by atoms with E-state index in [0.29, 0.717) is 52.5 Å². The van der Waals surface area contributed by atoms with Gasteiger partial charge in [0.15, 0.2) is 0 Å². The number of amides is 2. The average molecular weight is 333 g/mol. The summed E-state index contributed by atoms with van der Waals surface area (Å²) in [6.45, 7) is 2.77. The van der Waals surface area contributed by atoms with Crippen molar-refractivity contribution in [2.45, 2.75) is 12.8 Å². The summed E-state index contributed by atoms with van der Waals surface area (Å²) in [5.74, 6) is -0.395. The lowest BCUT2D eigenvalue weighted by Gasteiger charge is -2.08. The summed E-state index contributed by atoms with van der Waals surface area (Å²) in [5.41, 5.74) is 5.25. The predicted octanol–water partition coefficient (Wildman–Crippen LogP) is -1.79. The number of aldehydes is 1. The number of rotatable bonds is 16. The molecule has 2 amide bonds. The number of hydrogen-bond acceptors (Lipinski definition) is 7. The summed E-state index contributed by atoms with van der Waals surface area (Å²) >= 11 is 0. The van der Waals surface area contributed by atoms with Gasteiger partial charge in [0.2, 0.25) is 11.8 Å². The van der Waals surface area contributed by atoms with Crippen molar-refractivity contribution < 1.29 is 28.6 Å². The Labute approximate surface area is 136 Å². The summed E-state index contributed by atoms with van der Waals surface area (Å²) in [6.07, 6.45) is 1.39. The van der Waals surface area contributed by atoms with Gasteiger partial charge >= 0.3 is 0 Å². The number of nitrogens with one attached hydrogen (secondary N) is 2. The van der Waals surface area contributed by atoms with Crippen LogP contribution in [-0.2, 0) is 28.6 Å². The van der Waals surface area contributed by atoms with E-state index in [4.69, 9.17) is 19.9 Å². The fourth-order valence-corrected chi connectivity index (χ4v) is 1.41. The van der Waals surface area contributed by atoms with Gasteiger partial charge in [0.25, 0.3) is 0 Å². The molecule has 0 fully saturated rings. The lowest BCUT2D eigenvalue weighted by molar-refractivity contribution is -0.126. The molecule has 0 aliphatic rings. The van der Waals surface area contributed by atoms with Crippen LogP contribution in [0.15, 0.2) is 0 Å². The first kappa shape index (κ1) is 21.4. The second-order valence-electron chi connectivity index (χ2n) is 4.47. The fourth-order valence-electron chi connectivity index (χ4n) is 1.41. The molecular weight excluding hydrogens is 306 g/mol. The summed E-state index contributed by atoms with van der Waals surface area (Å²) in [7, 11) is 0. The Balaban J connectivity index is 3.31. The Bertz CT molecular complexity index is 328. The molecule has 0 atom stereocenters. The minimum atomic E-state index is -0.259. The Morgan fingerprint density at radius 1 is 0.870 bits per heavy atom. The monoisotopic (exact) mass is 333 g/mol. The molecule has 0 saturated carbocycles. The van der Waals surface area contributed by atoms with Crippen LogP contribution in [0.2, 0.25) is 0 Å². The first-order valence-corrected chi connectivity index (χ1v) is 7.61. The molecule has 134 valence electrons. The molecule has 9 heteroatoms. The van der Waals surface area contributed by atoms with Gasteiger partial charge in [-0.1, -0.05) is 0 Å². The molecule has 0 unspecified atom stereocenters. The van der Waals surface area contributed by atoms with E-state index in [1.54, 1.807) is 0 Å². The molecule has 9 nitrogen and oxygen atoms in total. The van der Waals surface area contributed by atoms with E-state index >= 15 is 0 Å². The molecule has 0 aromatic heterocycles. The van der Waals surface area contributed by atoms with Gasteiger partial charge in [-0.3, -0.25) is 9.59 Å². The molecular formula is C14H27N3O6. The average Bonchev–Trinajstić information content (AvgIpc) is 2.54. The minimum Gasteiger partial charge on any atom is -0.380 e. The van der Waals surface area contributed by atoms with Crippen LogP contribution in [-0.4, -0.2) is 77.4 Å². The van der Waals surface area contributed by atoms with Crippen LogP contribution in [0.5, 0.6) is 0 Å². The van der Waals surface area contributed by atoms with Crippen molar-refractivity contribution in [1.82, 2.24) is 10.6 Å². The van der Waals surface area contributed by atoms with Crippen LogP contribution < -0.4 is 16.4 Å². The third-order valence-electron chi connectivity index (χ3n) is 2.49. The molecule has 4 N–H and O–H groups in total. The molecule has 0 bridgehead atoms. The van der Waals surface area contributed by atoms with Crippen LogP contribution in [0.3, 0.4) is 0 Å². The number of carbonyl (C=O) groups excluding carboxylic acids is 3. The van der Waals surface area contributed by atoms with Crippen LogP contribution in [0, 0.1) is 0 Å². The topological polar surface area (TPSA) is 129 Å². The molecule has 23 heavy (non-hydrogen) atoms. The van der Waals surface area contributed by atoms with E-state index in [1.807, 2.05) is 0 Å². The maximum atomic E-state index is 11.4. The van der Waals surface area contributed by atoms with Crippen molar-refractivity contribution in [3.8, 4) is 0 Å². The van der Waals surface area contributed by atoms with Crippen LogP contribution >= 0.6 is 0 Å². The van der Waals surface area contributed by atoms with Gasteiger partial charge in [0, 0.05) is 32.5 Å². The van der Waals surface area contributed by atoms with E-state index in [0.717, 1.165) is 6.29 Å². The molecule has 0 radical (unpaired) electrons. The Kier molecular flexibility index (Phi) is 15.7. The lowest BCUT2D eigenvalue weighted by Crippen LogP contribution is -2.33. The Morgan fingerprint density at radius 3 is 2.22 bits per heavy atom. The highest BCUT2D eigenvalue weighted by Crippen LogP contribution is 1.83. The largest absolute Gasteiger partial charge is 0.380 e. The van der Waals surface area contributed by atoms with Gasteiger partial charge in [-0.2, -0.15) is 0 Å². The van der Waals surface area contributed by atoms with E-state index in [9.17, 15) is 14.4 Å². The second kappa shape index (κ2) is 16.8. The summed E-state index contributed by atoms with van der Waals surface area (Å²) in [5, 5.41) is 5.26. The van der Waals surface area contributed by atoms with Crippen molar-refractivity contribution in [3.63, 3.8) is 0 Å². The molecule has 0 aromatic rings. The molecule has 0 aliphatic carbocycles. The SMILES string of the molecule is NCCOCCC(=O)NCCOCC(=O)NCCOCCC=O. The zero-order valence-corrected chi connectivity index (χ0v) is 13.4. The summed E-state index contributed by atoms with van der Waals surface area (Å²) in [6, 6.07) is 0. The molecule has 0 spiro atoms. The maximum Gasteiger partial charge on any atom is 0.246 e. The van der Waals surface area contributed by atoms with Crippen LogP contribution in [0.4, 0.5) is 0 Å². The highest BCUT2D eigenvalue weighted by Gasteiger charge is 2.02. The number of nitrogens with two attached hydrogens (primary N) is 1. The van der Waals surface area contributed by atoms with Crippen molar-refractivity contribution in [2.75, 3.05) is 59.3 Å². The summed E-state index contributed by atoms with van der Waals surface area (Å²) < 4.78 is 15.3. The first-order chi connectivity index (χ1) is 11.2. The van der Waals surface area contributed by atoms with Crippen molar-refractivity contribution >= 4 is 18.1 Å². The van der Waals surface area contributed by atoms with Crippen LogP contribution in [0.25, 0.3) is 0 Å². The predicted molar refractivity (Wildman–Crippen MR) is 82.8 cm³/mol. The van der Waals surface area contributed by atoms with Crippen molar-refractivity contribution in [3.05, 3.63) is 0 Å². The maximum absolute atomic E-state index is 11.4. The van der Waals surface area contributed by atoms with Crippen molar-refractivity contribution in [1.29, 1.82) is 0 Å². The van der Waals surface area contributed by atoms with Crippen molar-refractivity contribution in [2.24, 2.45) is 5.73 Å². The zero-order valence-electron chi connectivity index (χ0n) is 13.4. The minimum absolute atomic E-state index is 0.0795. The molecule has 0 saturated heterocycles. The van der Waals surface area contributed by atoms with Gasteiger partial charge in [0.05, 0.1) is 33.0 Å². The highest BCUT2D eigenvalue weighted by molar-refractivity contribution is 5.77. The third-order valence-corrected chi connectivity index (χ3v) is 2.49. The second-order valence-corrected chi connectivity index (χ2v) is 4.47. The number of carbonyl (C=O) groups is 3. The fraction of sp³-hybridized carbons (Fsp3) is 0.786. The molecule has 0 aliphatic heterocycles. The smallest absolute Gasteiger partial charge is 0.246 e. The van der Waals surface area contributed by atoms with E-state index in [2.05, 4.69) is 10.6 Å². The normalized spacial score (nSPS) is 10.3. The Hall–Kier alpha value is -1.55. The zero-order chi connectivity index (χ0) is 17.2. The quantitative estimate of drug-likeness (QED) is 0.225. The van der Waals surface area contributed by atoms with Gasteiger partial charge in [0.1, 0.15) is 12.9 Å². The number of ether oxygens (including phenoxy) is 3. The van der Waals surface area contributed by atoms with Gasteiger partial charge < -0.3 is 35.4 Å². The molecule has 0 rings (SSSR count). The van der Waals surface area contributed by atoms with E-state index < -0.39 is 0 Å². The summed E-state index contributed by atoms with van der Waals surface area (Å²) in [4.78, 5) is 32.8. The first-order valence-electron chi connectivity index (χ1n) is 7.61. The van der Waals surface area contributed by atoms with Gasteiger partial charge in [-0.05, 0) is 0 Å². The van der Waals surface area contributed by atoms with E-state index in [1.165, 1.54) is 0 Å². The number of hydrogen-bond donors (Lipinski definition) is 3. The standard InChI is InChI=1S/C14H27N3O6/c15-3-9-22-8-2-13(19)16-5-11-23-12-14(20)17-4-10-21-7-1-6-18/h6H,1-5,7-12,15H2,(H,16,19)(H,17,20). The van der Waals surface area contributed by atoms with Crippen LogP contribution in [0.1, 0.15) is 12.8 Å². The highest BCUT2D eigenvalue weighted by atomic mass is 16.5. The Morgan fingerprint density at radius 2 is 1.52 bits per heavy atom. The van der Waals surface area contributed by atoms with E-state index in [-0.39, 0.29) is 31.4 Å². The van der Waals surface area contributed by atoms with Gasteiger partial charge in [-0.15, -0.1) is 0 Å². The van der Waals surface area contributed by atoms with Gasteiger partial charge in [-0.25, -0.2) is 0 Å². The molecule has 0 aromatic carbocycles. The molecule has 0 heterocycles.